The standard InChI is InChI=1S/C28H28N.C13H24O2.Ir/c1-18-15-19(2)17-23(16-18)28-27-22(13-14-29-28)9-10-25-20(3)24(11-12-26(25)27)21-7-5-4-6-8-21;1-7-12(3,4)10(14)9-11(15)13(5,6)8-2;/h9-16,21H,4-8H2,1-3H3;9,14H,7-8H2,1-6H3;/q-1;;/b;10-9-;. The van der Waals surface area contributed by atoms with Crippen LogP contribution in [0.4, 0.5) is 0 Å². The summed E-state index contributed by atoms with van der Waals surface area (Å²) in [5.41, 5.74) is 6.88. The fourth-order valence-corrected chi connectivity index (χ4v) is 6.20. The van der Waals surface area contributed by atoms with Gasteiger partial charge < -0.3 is 10.1 Å². The number of carbonyl (C=O) groups is 1. The molecule has 0 unspecified atom stereocenters. The SMILES string of the molecule is CCC(C)(C)C(=O)/C=C(\O)C(C)(C)CC.Cc1[c-]c(-c2nccc3ccc4c(C)c(C5CCCCC5)ccc4c23)cc(C)c1.[Ir]. The molecule has 1 aliphatic carbocycles. The van der Waals surface area contributed by atoms with Gasteiger partial charge in [-0.15, -0.1) is 34.9 Å². The predicted molar refractivity (Wildman–Crippen MR) is 187 cm³/mol. The Labute approximate surface area is 285 Å². The predicted octanol–water partition coefficient (Wildman–Crippen LogP) is 11.7. The monoisotopic (exact) mass is 783 g/mol. The molecule has 0 aliphatic heterocycles. The Morgan fingerprint density at radius 1 is 0.911 bits per heavy atom. The zero-order valence-electron chi connectivity index (χ0n) is 28.9. The first-order valence-electron chi connectivity index (χ1n) is 16.6. The largest absolute Gasteiger partial charge is 0.512 e. The summed E-state index contributed by atoms with van der Waals surface area (Å²) in [7, 11) is 0. The number of allylic oxidation sites excluding steroid dienone is 2. The van der Waals surface area contributed by atoms with E-state index in [2.05, 4.69) is 69.3 Å². The van der Waals surface area contributed by atoms with E-state index in [0.717, 1.165) is 35.6 Å². The number of rotatable bonds is 7. The van der Waals surface area contributed by atoms with Crippen molar-refractivity contribution in [2.45, 2.75) is 113 Å². The van der Waals surface area contributed by atoms with Crippen molar-refractivity contribution in [3.63, 3.8) is 0 Å². The van der Waals surface area contributed by atoms with Crippen LogP contribution in [0.2, 0.25) is 0 Å². The van der Waals surface area contributed by atoms with Gasteiger partial charge in [0.25, 0.3) is 0 Å². The minimum atomic E-state index is -0.377. The molecule has 3 nitrogen and oxygen atoms in total. The molecule has 1 aromatic heterocycles. The number of pyridine rings is 1. The van der Waals surface area contributed by atoms with Crippen molar-refractivity contribution in [3.05, 3.63) is 88.8 Å². The summed E-state index contributed by atoms with van der Waals surface area (Å²) in [6.07, 6.45) is 11.7. The second-order valence-corrected chi connectivity index (χ2v) is 14.2. The van der Waals surface area contributed by atoms with Crippen molar-refractivity contribution in [1.82, 2.24) is 4.98 Å². The van der Waals surface area contributed by atoms with E-state index in [1.165, 1.54) is 70.9 Å². The first kappa shape index (κ1) is 36.7. The summed E-state index contributed by atoms with van der Waals surface area (Å²) in [5, 5.41) is 15.0. The molecule has 4 heteroatoms. The Morgan fingerprint density at radius 3 is 2.18 bits per heavy atom. The van der Waals surface area contributed by atoms with E-state index in [9.17, 15) is 9.90 Å². The Hall–Kier alpha value is -2.81. The van der Waals surface area contributed by atoms with E-state index in [4.69, 9.17) is 4.98 Å². The molecule has 1 heterocycles. The molecule has 45 heavy (non-hydrogen) atoms. The Kier molecular flexibility index (Phi) is 12.4. The molecule has 5 rings (SSSR count). The van der Waals surface area contributed by atoms with Crippen molar-refractivity contribution < 1.29 is 30.0 Å². The van der Waals surface area contributed by atoms with Crippen LogP contribution in [0.3, 0.4) is 0 Å². The topological polar surface area (TPSA) is 50.2 Å². The van der Waals surface area contributed by atoms with Gasteiger partial charge in [-0.1, -0.05) is 98.9 Å². The van der Waals surface area contributed by atoms with Crippen LogP contribution >= 0.6 is 0 Å². The van der Waals surface area contributed by atoms with Crippen LogP contribution in [0.15, 0.2) is 60.5 Å². The van der Waals surface area contributed by atoms with Gasteiger partial charge in [0.2, 0.25) is 0 Å². The van der Waals surface area contributed by atoms with Crippen LogP contribution in [0, 0.1) is 37.7 Å². The van der Waals surface area contributed by atoms with Gasteiger partial charge in [0, 0.05) is 43.2 Å². The third-order valence-electron chi connectivity index (χ3n) is 10.1. The Balaban J connectivity index is 0.000000297. The molecule has 243 valence electrons. The molecular weight excluding hydrogens is 731 g/mol. The van der Waals surface area contributed by atoms with Crippen LogP contribution in [0.5, 0.6) is 0 Å². The molecule has 1 saturated carbocycles. The fourth-order valence-electron chi connectivity index (χ4n) is 6.20. The number of fused-ring (bicyclic) bond motifs is 3. The number of aliphatic hydroxyl groups excluding tert-OH is 1. The summed E-state index contributed by atoms with van der Waals surface area (Å²) in [6.45, 7) is 18.2. The Morgan fingerprint density at radius 2 is 1.56 bits per heavy atom. The number of hydrogen-bond acceptors (Lipinski definition) is 3. The number of aromatic nitrogens is 1. The van der Waals surface area contributed by atoms with Gasteiger partial charge in [-0.3, -0.25) is 4.79 Å². The molecular formula is C41H52IrNO2-. The third kappa shape index (κ3) is 8.32. The average Bonchev–Trinajstić information content (AvgIpc) is 3.01. The molecule has 0 saturated heterocycles. The van der Waals surface area contributed by atoms with Gasteiger partial charge in [-0.25, -0.2) is 0 Å². The maximum Gasteiger partial charge on any atom is 0.164 e. The normalized spacial score (nSPS) is 14.6. The van der Waals surface area contributed by atoms with Gasteiger partial charge in [0.05, 0.1) is 0 Å². The molecule has 0 atom stereocenters. The van der Waals surface area contributed by atoms with Crippen LogP contribution in [0.25, 0.3) is 32.8 Å². The molecule has 4 aromatic rings. The average molecular weight is 783 g/mol. The quantitative estimate of drug-likeness (QED) is 0.0879. The number of ketones is 1. The number of benzene rings is 3. The molecule has 1 aliphatic rings. The number of hydrogen-bond donors (Lipinski definition) is 1. The molecule has 1 radical (unpaired) electrons. The number of aryl methyl sites for hydroxylation is 3. The van der Waals surface area contributed by atoms with Gasteiger partial charge >= 0.3 is 0 Å². The van der Waals surface area contributed by atoms with Crippen molar-refractivity contribution in [2.24, 2.45) is 10.8 Å². The molecule has 0 spiro atoms. The van der Waals surface area contributed by atoms with Gasteiger partial charge in [0.1, 0.15) is 5.76 Å². The number of carbonyl (C=O) groups excluding carboxylic acids is 1. The van der Waals surface area contributed by atoms with Gasteiger partial charge in [-0.2, -0.15) is 0 Å². The van der Waals surface area contributed by atoms with Crippen LogP contribution in [-0.4, -0.2) is 15.9 Å². The smallest absolute Gasteiger partial charge is 0.164 e. The fraction of sp³-hybridized carbons (Fsp3) is 0.463. The number of nitrogens with zero attached hydrogens (tertiary/aromatic N) is 1. The molecule has 0 amide bonds. The summed E-state index contributed by atoms with van der Waals surface area (Å²) in [5.74, 6) is 0.922. The molecule has 3 aromatic carbocycles. The maximum atomic E-state index is 11.8. The molecule has 1 fully saturated rings. The Bertz CT molecular complexity index is 1650. The second-order valence-electron chi connectivity index (χ2n) is 14.2. The van der Waals surface area contributed by atoms with Crippen molar-refractivity contribution >= 4 is 27.3 Å². The minimum absolute atomic E-state index is 0. The first-order chi connectivity index (χ1) is 20.8. The van der Waals surface area contributed by atoms with Crippen LogP contribution < -0.4 is 0 Å². The zero-order chi connectivity index (χ0) is 32.2. The third-order valence-corrected chi connectivity index (χ3v) is 10.1. The van der Waals surface area contributed by atoms with Gasteiger partial charge in [-0.05, 0) is 83.0 Å². The van der Waals surface area contributed by atoms with E-state index < -0.39 is 0 Å². The minimum Gasteiger partial charge on any atom is -0.512 e. The summed E-state index contributed by atoms with van der Waals surface area (Å²) in [6, 6.07) is 19.4. The first-order valence-corrected chi connectivity index (χ1v) is 16.6. The van der Waals surface area contributed by atoms with E-state index in [0.29, 0.717) is 0 Å². The summed E-state index contributed by atoms with van der Waals surface area (Å²) < 4.78 is 0. The molecule has 1 N–H and O–H groups in total. The van der Waals surface area contributed by atoms with Crippen molar-refractivity contribution in [1.29, 1.82) is 0 Å². The number of aliphatic hydroxyl groups is 1. The molecule has 0 bridgehead atoms. The second kappa shape index (κ2) is 15.2. The van der Waals surface area contributed by atoms with Crippen molar-refractivity contribution in [2.75, 3.05) is 0 Å². The summed E-state index contributed by atoms with van der Waals surface area (Å²) >= 11 is 0. The van der Waals surface area contributed by atoms with Crippen LogP contribution in [-0.2, 0) is 24.9 Å². The van der Waals surface area contributed by atoms with Gasteiger partial charge in [0.15, 0.2) is 5.78 Å². The van der Waals surface area contributed by atoms with E-state index >= 15 is 0 Å². The van der Waals surface area contributed by atoms with Crippen LogP contribution in [0.1, 0.15) is 115 Å². The van der Waals surface area contributed by atoms with E-state index in [-0.39, 0.29) is 42.5 Å². The van der Waals surface area contributed by atoms with E-state index in [1.54, 1.807) is 5.56 Å². The van der Waals surface area contributed by atoms with Crippen molar-refractivity contribution in [3.8, 4) is 11.3 Å². The summed E-state index contributed by atoms with van der Waals surface area (Å²) in [4.78, 5) is 16.7. The maximum absolute atomic E-state index is 11.8. The van der Waals surface area contributed by atoms with E-state index in [1.807, 2.05) is 47.7 Å². The zero-order valence-corrected chi connectivity index (χ0v) is 31.3.